The van der Waals surface area contributed by atoms with Crippen LogP contribution in [0.5, 0.6) is 17.2 Å². The number of ether oxygens (including phenoxy) is 3. The minimum atomic E-state index is -0.489. The Morgan fingerprint density at radius 1 is 0.900 bits per heavy atom. The van der Waals surface area contributed by atoms with Crippen molar-refractivity contribution in [3.63, 3.8) is 0 Å². The normalized spacial score (nSPS) is 10.8. The van der Waals surface area contributed by atoms with Gasteiger partial charge in [-0.2, -0.15) is 0 Å². The summed E-state index contributed by atoms with van der Waals surface area (Å²) in [5.74, 6) is 1.06. The van der Waals surface area contributed by atoms with Crippen molar-refractivity contribution in [3.05, 3.63) is 83.2 Å². The molecule has 0 saturated carbocycles. The van der Waals surface area contributed by atoms with Crippen LogP contribution in [0, 0.1) is 13.8 Å². The molecule has 0 aliphatic carbocycles. The lowest BCUT2D eigenvalue weighted by Gasteiger charge is -2.13. The van der Waals surface area contributed by atoms with Crippen LogP contribution in [0.3, 0.4) is 0 Å². The highest BCUT2D eigenvalue weighted by Crippen LogP contribution is 2.29. The van der Waals surface area contributed by atoms with E-state index in [2.05, 4.69) is 4.98 Å². The van der Waals surface area contributed by atoms with Crippen LogP contribution in [0.25, 0.3) is 12.2 Å². The van der Waals surface area contributed by atoms with Gasteiger partial charge in [-0.05, 0) is 73.4 Å². The Kier molecular flexibility index (Phi) is 7.22. The molecule has 0 N–H and O–H groups in total. The van der Waals surface area contributed by atoms with E-state index >= 15 is 0 Å². The van der Waals surface area contributed by atoms with Gasteiger partial charge in [0.1, 0.15) is 5.75 Å². The smallest absolute Gasteiger partial charge is 0.349 e. The maximum absolute atomic E-state index is 12.3. The van der Waals surface area contributed by atoms with Crippen molar-refractivity contribution < 1.29 is 19.0 Å². The molecular weight excluding hydrogens is 378 g/mol. The second-order valence-electron chi connectivity index (χ2n) is 6.71. The zero-order valence-corrected chi connectivity index (χ0v) is 17.4. The van der Waals surface area contributed by atoms with Gasteiger partial charge in [0.05, 0.1) is 6.61 Å². The monoisotopic (exact) mass is 403 g/mol. The second-order valence-corrected chi connectivity index (χ2v) is 6.71. The van der Waals surface area contributed by atoms with Gasteiger partial charge in [-0.3, -0.25) is 4.98 Å². The van der Waals surface area contributed by atoms with Gasteiger partial charge in [0.25, 0.3) is 0 Å². The Labute approximate surface area is 176 Å². The molecule has 0 bridgehead atoms. The lowest BCUT2D eigenvalue weighted by Crippen LogP contribution is -2.18. The van der Waals surface area contributed by atoms with E-state index in [0.717, 1.165) is 22.3 Å². The summed E-state index contributed by atoms with van der Waals surface area (Å²) < 4.78 is 16.8. The summed E-state index contributed by atoms with van der Waals surface area (Å²) in [7, 11) is 0. The molecule has 1 heterocycles. The number of carbonyl (C=O) groups is 1. The Morgan fingerprint density at radius 3 is 2.43 bits per heavy atom. The van der Waals surface area contributed by atoms with Crippen LogP contribution in [-0.4, -0.2) is 24.2 Å². The number of aromatic nitrogens is 1. The van der Waals surface area contributed by atoms with Gasteiger partial charge in [-0.1, -0.05) is 30.4 Å². The summed E-state index contributed by atoms with van der Waals surface area (Å²) in [5, 5.41) is 0. The van der Waals surface area contributed by atoms with Crippen LogP contribution >= 0.6 is 0 Å². The number of pyridine rings is 1. The van der Waals surface area contributed by atoms with Crippen LogP contribution in [-0.2, 0) is 4.79 Å². The number of aryl methyl sites for hydroxylation is 1. The SMILES string of the molecule is CCOc1cc(/C=C/c2ccncc2)ccc1OC(=O)COc1cccc(C)c1C. The number of benzene rings is 2. The quantitative estimate of drug-likeness (QED) is 0.380. The molecule has 0 aliphatic heterocycles. The van der Waals surface area contributed by atoms with E-state index in [4.69, 9.17) is 14.2 Å². The van der Waals surface area contributed by atoms with Gasteiger partial charge in [-0.25, -0.2) is 4.79 Å². The molecule has 1 aromatic heterocycles. The molecule has 154 valence electrons. The van der Waals surface area contributed by atoms with E-state index in [0.29, 0.717) is 23.9 Å². The standard InChI is InChI=1S/C25H25NO4/c1-4-28-24-16-21(9-8-20-12-14-26-15-13-20)10-11-23(24)30-25(27)17-29-22-7-5-6-18(2)19(22)3/h5-16H,4,17H2,1-3H3/b9-8+. The molecule has 0 aliphatic rings. The van der Waals surface area contributed by atoms with Crippen LogP contribution < -0.4 is 14.2 Å². The van der Waals surface area contributed by atoms with Crippen molar-refractivity contribution in [2.24, 2.45) is 0 Å². The third-order valence-electron chi connectivity index (χ3n) is 4.57. The minimum absolute atomic E-state index is 0.181. The molecule has 0 saturated heterocycles. The van der Waals surface area contributed by atoms with Crippen molar-refractivity contribution >= 4 is 18.1 Å². The van der Waals surface area contributed by atoms with E-state index in [1.54, 1.807) is 18.5 Å². The van der Waals surface area contributed by atoms with Crippen molar-refractivity contribution in [1.82, 2.24) is 4.98 Å². The molecule has 0 atom stereocenters. The first-order chi connectivity index (χ1) is 14.6. The van der Waals surface area contributed by atoms with E-state index in [-0.39, 0.29) is 6.61 Å². The minimum Gasteiger partial charge on any atom is -0.490 e. The molecule has 0 spiro atoms. The molecule has 0 radical (unpaired) electrons. The third-order valence-corrected chi connectivity index (χ3v) is 4.57. The van der Waals surface area contributed by atoms with E-state index < -0.39 is 5.97 Å². The molecule has 5 nitrogen and oxygen atoms in total. The predicted octanol–water partition coefficient (Wildman–Crippen LogP) is 5.25. The number of hydrogen-bond acceptors (Lipinski definition) is 5. The molecule has 3 aromatic rings. The highest BCUT2D eigenvalue weighted by molar-refractivity contribution is 5.76. The van der Waals surface area contributed by atoms with E-state index in [1.807, 2.05) is 75.4 Å². The Bertz CT molecular complexity index is 1030. The second kappa shape index (κ2) is 10.3. The van der Waals surface area contributed by atoms with Crippen molar-refractivity contribution in [3.8, 4) is 17.2 Å². The predicted molar refractivity (Wildman–Crippen MR) is 118 cm³/mol. The fourth-order valence-corrected chi connectivity index (χ4v) is 2.82. The third kappa shape index (κ3) is 5.70. The number of rotatable bonds is 8. The molecule has 30 heavy (non-hydrogen) atoms. The van der Waals surface area contributed by atoms with Gasteiger partial charge in [0.2, 0.25) is 0 Å². The zero-order valence-electron chi connectivity index (χ0n) is 17.4. The van der Waals surface area contributed by atoms with Crippen LogP contribution in [0.2, 0.25) is 0 Å². The van der Waals surface area contributed by atoms with Crippen molar-refractivity contribution in [1.29, 1.82) is 0 Å². The molecule has 2 aromatic carbocycles. The number of carbonyl (C=O) groups excluding carboxylic acids is 1. The molecule has 3 rings (SSSR count). The lowest BCUT2D eigenvalue weighted by molar-refractivity contribution is -0.136. The van der Waals surface area contributed by atoms with E-state index in [1.165, 1.54) is 0 Å². The summed E-state index contributed by atoms with van der Waals surface area (Å²) in [4.78, 5) is 16.3. The zero-order chi connectivity index (χ0) is 21.3. The fraction of sp³-hybridized carbons (Fsp3) is 0.200. The largest absolute Gasteiger partial charge is 0.490 e. The van der Waals surface area contributed by atoms with Crippen molar-refractivity contribution in [2.75, 3.05) is 13.2 Å². The first kappa shape index (κ1) is 21.1. The number of hydrogen-bond donors (Lipinski definition) is 0. The van der Waals surface area contributed by atoms with Gasteiger partial charge in [0, 0.05) is 12.4 Å². The molecular formula is C25H25NO4. The summed E-state index contributed by atoms with van der Waals surface area (Å²) in [5.41, 5.74) is 4.09. The lowest BCUT2D eigenvalue weighted by atomic mass is 10.1. The molecule has 0 fully saturated rings. The van der Waals surface area contributed by atoms with Gasteiger partial charge >= 0.3 is 5.97 Å². The van der Waals surface area contributed by atoms with Crippen molar-refractivity contribution in [2.45, 2.75) is 20.8 Å². The fourth-order valence-electron chi connectivity index (χ4n) is 2.82. The van der Waals surface area contributed by atoms with Gasteiger partial charge in [0.15, 0.2) is 18.1 Å². The van der Waals surface area contributed by atoms with Gasteiger partial charge in [-0.15, -0.1) is 0 Å². The Morgan fingerprint density at radius 2 is 1.67 bits per heavy atom. The first-order valence-corrected chi connectivity index (χ1v) is 9.81. The number of nitrogens with zero attached hydrogens (tertiary/aromatic N) is 1. The van der Waals surface area contributed by atoms with Crippen LogP contribution in [0.15, 0.2) is 60.9 Å². The van der Waals surface area contributed by atoms with E-state index in [9.17, 15) is 4.79 Å². The maximum Gasteiger partial charge on any atom is 0.349 e. The van der Waals surface area contributed by atoms with Crippen LogP contribution in [0.4, 0.5) is 0 Å². The highest BCUT2D eigenvalue weighted by atomic mass is 16.6. The average molecular weight is 403 g/mol. The molecule has 5 heteroatoms. The molecule has 0 amide bonds. The van der Waals surface area contributed by atoms with Crippen LogP contribution in [0.1, 0.15) is 29.2 Å². The summed E-state index contributed by atoms with van der Waals surface area (Å²) in [6.45, 7) is 6.12. The maximum atomic E-state index is 12.3. The topological polar surface area (TPSA) is 57.7 Å². The highest BCUT2D eigenvalue weighted by Gasteiger charge is 2.13. The summed E-state index contributed by atoms with van der Waals surface area (Å²) >= 11 is 0. The molecule has 0 unspecified atom stereocenters. The average Bonchev–Trinajstić information content (AvgIpc) is 2.76. The Balaban J connectivity index is 1.67. The summed E-state index contributed by atoms with van der Waals surface area (Å²) in [6, 6.07) is 15.0. The van der Waals surface area contributed by atoms with Gasteiger partial charge < -0.3 is 14.2 Å². The number of esters is 1. The summed E-state index contributed by atoms with van der Waals surface area (Å²) in [6.07, 6.45) is 7.44. The first-order valence-electron chi connectivity index (χ1n) is 9.81. The Hall–Kier alpha value is -3.60.